The zero-order valence-electron chi connectivity index (χ0n) is 10.3. The lowest BCUT2D eigenvalue weighted by Gasteiger charge is -1.96. The Morgan fingerprint density at radius 2 is 1.89 bits per heavy atom. The third-order valence-corrected chi connectivity index (χ3v) is 4.95. The molecule has 3 rings (SSSR count). The average molecular weight is 351 g/mol. The molecule has 5 heteroatoms. The number of hydrogen-bond acceptors (Lipinski definition) is 4. The van der Waals surface area contributed by atoms with Gasteiger partial charge in [0.05, 0.1) is 17.1 Å². The highest BCUT2D eigenvalue weighted by Gasteiger charge is 2.07. The van der Waals surface area contributed by atoms with E-state index in [0.29, 0.717) is 0 Å². The molecule has 1 aromatic carbocycles. The van der Waals surface area contributed by atoms with Gasteiger partial charge in [-0.25, -0.2) is 9.97 Å². The molecular weight excluding hydrogens is 340 g/mol. The topological polar surface area (TPSA) is 25.8 Å². The Labute approximate surface area is 128 Å². The Bertz CT molecular complexity index is 703. The molecule has 0 fully saturated rings. The second-order valence-corrected chi connectivity index (χ2v) is 7.00. The maximum absolute atomic E-state index is 4.69. The lowest BCUT2D eigenvalue weighted by molar-refractivity contribution is 1.08. The minimum absolute atomic E-state index is 0.831. The number of rotatable bonds is 3. The number of benzene rings is 1. The van der Waals surface area contributed by atoms with Gasteiger partial charge in [0.15, 0.2) is 0 Å². The molecule has 0 spiro atoms. The van der Waals surface area contributed by atoms with Crippen LogP contribution in [0.4, 0.5) is 0 Å². The molecule has 2 nitrogen and oxygen atoms in total. The number of hydrogen-bond donors (Lipinski definition) is 0. The fourth-order valence-electron chi connectivity index (χ4n) is 1.79. The molecule has 0 N–H and O–H groups in total. The number of aryl methyl sites for hydroxylation is 1. The molecule has 19 heavy (non-hydrogen) atoms. The van der Waals surface area contributed by atoms with Gasteiger partial charge in [0.25, 0.3) is 0 Å². The summed E-state index contributed by atoms with van der Waals surface area (Å²) < 4.78 is 1.08. The van der Waals surface area contributed by atoms with Gasteiger partial charge < -0.3 is 0 Å². The van der Waals surface area contributed by atoms with Crippen molar-refractivity contribution >= 4 is 38.6 Å². The fraction of sp³-hybridized carbons (Fsp3) is 0.143. The van der Waals surface area contributed by atoms with Crippen molar-refractivity contribution in [2.75, 3.05) is 0 Å². The van der Waals surface area contributed by atoms with Crippen LogP contribution in [0, 0.1) is 6.92 Å². The van der Waals surface area contributed by atoms with Gasteiger partial charge in [-0.15, -0.1) is 22.7 Å². The molecule has 96 valence electrons. The summed E-state index contributed by atoms with van der Waals surface area (Å²) in [6.07, 6.45) is 0.831. The lowest BCUT2D eigenvalue weighted by atomic mass is 10.2. The standard InChI is InChI=1S/C14H11BrN2S2/c1-9-7-18-13(16-9)6-14-17-12(8-19-14)10-3-2-4-11(15)5-10/h2-5,7-8H,6H2,1H3. The number of thiazole rings is 2. The third kappa shape index (κ3) is 3.11. The van der Waals surface area contributed by atoms with Gasteiger partial charge in [0.2, 0.25) is 0 Å². The first-order chi connectivity index (χ1) is 9.20. The molecule has 0 bridgehead atoms. The van der Waals surface area contributed by atoms with Crippen LogP contribution in [0.5, 0.6) is 0 Å². The minimum atomic E-state index is 0.831. The Hall–Kier alpha value is -1.04. The molecule has 0 aliphatic heterocycles. The molecular formula is C14H11BrN2S2. The van der Waals surface area contributed by atoms with E-state index >= 15 is 0 Å². The third-order valence-electron chi connectivity index (χ3n) is 2.64. The molecule has 0 atom stereocenters. The molecule has 2 heterocycles. The largest absolute Gasteiger partial charge is 0.246 e. The predicted octanol–water partition coefficient (Wildman–Crippen LogP) is 4.93. The van der Waals surface area contributed by atoms with Crippen molar-refractivity contribution in [2.45, 2.75) is 13.3 Å². The van der Waals surface area contributed by atoms with Gasteiger partial charge in [0, 0.05) is 26.5 Å². The maximum Gasteiger partial charge on any atom is 0.100 e. The molecule has 0 amide bonds. The molecule has 0 unspecified atom stereocenters. The maximum atomic E-state index is 4.69. The van der Waals surface area contributed by atoms with Crippen LogP contribution >= 0.6 is 38.6 Å². The summed E-state index contributed by atoms with van der Waals surface area (Å²) in [7, 11) is 0. The van der Waals surface area contributed by atoms with E-state index in [1.165, 1.54) is 0 Å². The van der Waals surface area contributed by atoms with Gasteiger partial charge in [-0.1, -0.05) is 28.1 Å². The van der Waals surface area contributed by atoms with Crippen molar-refractivity contribution < 1.29 is 0 Å². The van der Waals surface area contributed by atoms with Gasteiger partial charge in [-0.3, -0.25) is 0 Å². The Morgan fingerprint density at radius 3 is 2.63 bits per heavy atom. The van der Waals surface area contributed by atoms with Gasteiger partial charge in [-0.05, 0) is 19.1 Å². The zero-order valence-corrected chi connectivity index (χ0v) is 13.5. The molecule has 0 radical (unpaired) electrons. The molecule has 0 aliphatic rings. The highest BCUT2D eigenvalue weighted by molar-refractivity contribution is 9.10. The van der Waals surface area contributed by atoms with E-state index < -0.39 is 0 Å². The molecule has 0 saturated carbocycles. The van der Waals surface area contributed by atoms with Crippen molar-refractivity contribution in [3.8, 4) is 11.3 Å². The first-order valence-electron chi connectivity index (χ1n) is 5.82. The van der Waals surface area contributed by atoms with E-state index in [1.807, 2.05) is 19.1 Å². The van der Waals surface area contributed by atoms with Crippen LogP contribution in [0.3, 0.4) is 0 Å². The first kappa shape index (κ1) is 13.0. The molecule has 3 aromatic rings. The van der Waals surface area contributed by atoms with Crippen LogP contribution in [0.25, 0.3) is 11.3 Å². The lowest BCUT2D eigenvalue weighted by Crippen LogP contribution is -1.87. The summed E-state index contributed by atoms with van der Waals surface area (Å²) in [6, 6.07) is 8.22. The summed E-state index contributed by atoms with van der Waals surface area (Å²) in [5.41, 5.74) is 3.27. The monoisotopic (exact) mass is 350 g/mol. The van der Waals surface area contributed by atoms with Gasteiger partial charge in [-0.2, -0.15) is 0 Å². The summed E-state index contributed by atoms with van der Waals surface area (Å²) in [5.74, 6) is 0. The van der Waals surface area contributed by atoms with Crippen LogP contribution < -0.4 is 0 Å². The second kappa shape index (κ2) is 5.53. The zero-order chi connectivity index (χ0) is 13.2. The summed E-state index contributed by atoms with van der Waals surface area (Å²) in [5, 5.41) is 6.44. The molecule has 0 saturated heterocycles. The van der Waals surface area contributed by atoms with Gasteiger partial charge in [0.1, 0.15) is 5.01 Å². The molecule has 2 aromatic heterocycles. The van der Waals surface area contributed by atoms with Crippen molar-refractivity contribution in [1.29, 1.82) is 0 Å². The van der Waals surface area contributed by atoms with Crippen LogP contribution in [0.2, 0.25) is 0 Å². The van der Waals surface area contributed by atoms with E-state index in [4.69, 9.17) is 4.98 Å². The number of nitrogens with zero attached hydrogens (tertiary/aromatic N) is 2. The van der Waals surface area contributed by atoms with Crippen molar-refractivity contribution in [3.63, 3.8) is 0 Å². The quantitative estimate of drug-likeness (QED) is 0.669. The van der Waals surface area contributed by atoms with Crippen LogP contribution in [0.1, 0.15) is 15.7 Å². The van der Waals surface area contributed by atoms with Crippen molar-refractivity contribution in [3.05, 3.63) is 55.2 Å². The highest BCUT2D eigenvalue weighted by atomic mass is 79.9. The Morgan fingerprint density at radius 1 is 1.11 bits per heavy atom. The first-order valence-corrected chi connectivity index (χ1v) is 8.37. The SMILES string of the molecule is Cc1csc(Cc2nc(-c3cccc(Br)c3)cs2)n1. The highest BCUT2D eigenvalue weighted by Crippen LogP contribution is 2.26. The number of halogens is 1. The summed E-state index contributed by atoms with van der Waals surface area (Å²) in [4.78, 5) is 9.17. The average Bonchev–Trinajstić information content (AvgIpc) is 2.99. The Balaban J connectivity index is 1.83. The molecule has 0 aliphatic carbocycles. The van der Waals surface area contributed by atoms with Crippen LogP contribution in [-0.4, -0.2) is 9.97 Å². The van der Waals surface area contributed by atoms with E-state index in [-0.39, 0.29) is 0 Å². The van der Waals surface area contributed by atoms with Gasteiger partial charge >= 0.3 is 0 Å². The van der Waals surface area contributed by atoms with E-state index in [1.54, 1.807) is 22.7 Å². The fourth-order valence-corrected chi connectivity index (χ4v) is 3.86. The van der Waals surface area contributed by atoms with Crippen LogP contribution in [0.15, 0.2) is 39.5 Å². The van der Waals surface area contributed by atoms with E-state index in [9.17, 15) is 0 Å². The van der Waals surface area contributed by atoms with Crippen molar-refractivity contribution in [2.24, 2.45) is 0 Å². The smallest absolute Gasteiger partial charge is 0.100 e. The normalized spacial score (nSPS) is 10.8. The van der Waals surface area contributed by atoms with E-state index in [0.717, 1.165) is 37.9 Å². The summed E-state index contributed by atoms with van der Waals surface area (Å²) in [6.45, 7) is 2.02. The van der Waals surface area contributed by atoms with Crippen LogP contribution in [-0.2, 0) is 6.42 Å². The summed E-state index contributed by atoms with van der Waals surface area (Å²) >= 11 is 6.88. The predicted molar refractivity (Wildman–Crippen MR) is 84.9 cm³/mol. The Kier molecular flexibility index (Phi) is 3.77. The number of aromatic nitrogens is 2. The second-order valence-electron chi connectivity index (χ2n) is 4.20. The minimum Gasteiger partial charge on any atom is -0.246 e. The van der Waals surface area contributed by atoms with Crippen molar-refractivity contribution in [1.82, 2.24) is 9.97 Å². The van der Waals surface area contributed by atoms with E-state index in [2.05, 4.69) is 43.8 Å².